The van der Waals surface area contributed by atoms with Gasteiger partial charge in [0.25, 0.3) is 0 Å². The Kier molecular flexibility index (Phi) is 3.43. The summed E-state index contributed by atoms with van der Waals surface area (Å²) in [6.07, 6.45) is 0.339. The molecule has 0 atom stereocenters. The minimum absolute atomic E-state index is 0.0878. The highest BCUT2D eigenvalue weighted by molar-refractivity contribution is 5.93. The molecule has 0 aliphatic rings. The number of hydrogen-bond donors (Lipinski definition) is 0. The topological polar surface area (TPSA) is 43.4 Å². The van der Waals surface area contributed by atoms with Gasteiger partial charge in [0.15, 0.2) is 24.1 Å². The Hall–Kier alpha value is -1.85. The Bertz CT molecular complexity index is 390. The van der Waals surface area contributed by atoms with Gasteiger partial charge in [-0.1, -0.05) is 0 Å². The molecule has 0 amide bonds. The summed E-state index contributed by atoms with van der Waals surface area (Å²) in [5.41, 5.74) is -0.729. The molecular weight excluding hydrogens is 213 g/mol. The van der Waals surface area contributed by atoms with Crippen molar-refractivity contribution < 1.29 is 27.5 Å². The van der Waals surface area contributed by atoms with Crippen LogP contribution in [0.4, 0.5) is 13.2 Å². The van der Waals surface area contributed by atoms with E-state index in [4.69, 9.17) is 0 Å². The SMILES string of the molecule is O=Cc1ccc(F)c(OC(F)F)c1C=O. The van der Waals surface area contributed by atoms with Crippen LogP contribution in [0.25, 0.3) is 0 Å². The third-order valence-corrected chi connectivity index (χ3v) is 1.63. The van der Waals surface area contributed by atoms with Crippen molar-refractivity contribution in [3.05, 3.63) is 29.1 Å². The van der Waals surface area contributed by atoms with Crippen LogP contribution in [-0.2, 0) is 0 Å². The maximum Gasteiger partial charge on any atom is 0.387 e. The highest BCUT2D eigenvalue weighted by Crippen LogP contribution is 2.25. The zero-order chi connectivity index (χ0) is 11.4. The number of rotatable bonds is 4. The molecular formula is C9H5F3O3. The van der Waals surface area contributed by atoms with Gasteiger partial charge in [-0.2, -0.15) is 8.78 Å². The lowest BCUT2D eigenvalue weighted by Gasteiger charge is -2.09. The van der Waals surface area contributed by atoms with Crippen LogP contribution in [-0.4, -0.2) is 19.2 Å². The smallest absolute Gasteiger partial charge is 0.387 e. The average molecular weight is 218 g/mol. The van der Waals surface area contributed by atoms with E-state index in [9.17, 15) is 22.8 Å². The van der Waals surface area contributed by atoms with Gasteiger partial charge in [0.1, 0.15) is 0 Å². The number of hydrogen-bond acceptors (Lipinski definition) is 3. The molecule has 1 rings (SSSR count). The number of alkyl halides is 2. The fraction of sp³-hybridized carbons (Fsp3) is 0.111. The lowest BCUT2D eigenvalue weighted by molar-refractivity contribution is -0.0524. The molecule has 3 nitrogen and oxygen atoms in total. The van der Waals surface area contributed by atoms with Crippen LogP contribution < -0.4 is 4.74 Å². The van der Waals surface area contributed by atoms with Crippen molar-refractivity contribution >= 4 is 12.6 Å². The summed E-state index contributed by atoms with van der Waals surface area (Å²) in [6.45, 7) is -3.26. The summed E-state index contributed by atoms with van der Waals surface area (Å²) >= 11 is 0. The van der Waals surface area contributed by atoms with E-state index in [1.165, 1.54) is 0 Å². The van der Waals surface area contributed by atoms with Gasteiger partial charge in [0.05, 0.1) is 5.56 Å². The molecule has 0 spiro atoms. The molecule has 0 aliphatic carbocycles. The zero-order valence-corrected chi connectivity index (χ0v) is 7.25. The van der Waals surface area contributed by atoms with Crippen LogP contribution in [0.15, 0.2) is 12.1 Å². The van der Waals surface area contributed by atoms with Crippen molar-refractivity contribution in [3.8, 4) is 5.75 Å². The van der Waals surface area contributed by atoms with Gasteiger partial charge >= 0.3 is 6.61 Å². The Morgan fingerprint density at radius 1 is 1.20 bits per heavy atom. The third kappa shape index (κ3) is 2.34. The number of carbonyl (C=O) groups excluding carboxylic acids is 2. The molecule has 0 aromatic heterocycles. The molecule has 0 heterocycles. The van der Waals surface area contributed by atoms with E-state index in [0.29, 0.717) is 0 Å². The van der Waals surface area contributed by atoms with Crippen molar-refractivity contribution in [1.29, 1.82) is 0 Å². The maximum atomic E-state index is 13.0. The molecule has 0 radical (unpaired) electrons. The first-order valence-corrected chi connectivity index (χ1v) is 3.77. The Balaban J connectivity index is 3.31. The minimum Gasteiger partial charge on any atom is -0.431 e. The van der Waals surface area contributed by atoms with Gasteiger partial charge in [-0.25, -0.2) is 4.39 Å². The number of benzene rings is 1. The van der Waals surface area contributed by atoms with Gasteiger partial charge in [-0.15, -0.1) is 0 Å². The van der Waals surface area contributed by atoms with Gasteiger partial charge in [0.2, 0.25) is 0 Å². The average Bonchev–Trinajstić information content (AvgIpc) is 2.20. The van der Waals surface area contributed by atoms with Crippen LogP contribution in [0.3, 0.4) is 0 Å². The molecule has 0 fully saturated rings. The molecule has 0 bridgehead atoms. The van der Waals surface area contributed by atoms with Gasteiger partial charge < -0.3 is 4.74 Å². The number of ether oxygens (including phenoxy) is 1. The lowest BCUT2D eigenvalue weighted by atomic mass is 10.1. The summed E-state index contributed by atoms with van der Waals surface area (Å²) in [5.74, 6) is -2.03. The van der Waals surface area contributed by atoms with Gasteiger partial charge in [-0.05, 0) is 12.1 Å². The molecule has 1 aromatic rings. The van der Waals surface area contributed by atoms with Crippen molar-refractivity contribution in [1.82, 2.24) is 0 Å². The first-order chi connectivity index (χ1) is 7.10. The monoisotopic (exact) mass is 218 g/mol. The molecule has 80 valence electrons. The molecule has 6 heteroatoms. The Morgan fingerprint density at radius 2 is 1.87 bits per heavy atom. The maximum absolute atomic E-state index is 13.0. The van der Waals surface area contributed by atoms with Crippen molar-refractivity contribution in [2.45, 2.75) is 6.61 Å². The second-order valence-corrected chi connectivity index (χ2v) is 2.49. The molecule has 0 N–H and O–H groups in total. The van der Waals surface area contributed by atoms with Gasteiger partial charge in [-0.3, -0.25) is 9.59 Å². The van der Waals surface area contributed by atoms with E-state index in [0.717, 1.165) is 12.1 Å². The molecule has 0 saturated carbocycles. The van der Waals surface area contributed by atoms with Crippen LogP contribution in [0.5, 0.6) is 5.75 Å². The van der Waals surface area contributed by atoms with Gasteiger partial charge in [0, 0.05) is 5.56 Å². The summed E-state index contributed by atoms with van der Waals surface area (Å²) in [6, 6.07) is 1.78. The Morgan fingerprint density at radius 3 is 2.33 bits per heavy atom. The standard InChI is InChI=1S/C9H5F3O3/c10-7-2-1-5(3-13)6(4-14)8(7)15-9(11)12/h1-4,9H. The summed E-state index contributed by atoms with van der Waals surface area (Å²) < 4.78 is 40.5. The highest BCUT2D eigenvalue weighted by Gasteiger charge is 2.17. The molecule has 0 saturated heterocycles. The fourth-order valence-electron chi connectivity index (χ4n) is 1.02. The van der Waals surface area contributed by atoms with E-state index >= 15 is 0 Å². The van der Waals surface area contributed by atoms with Crippen molar-refractivity contribution in [2.24, 2.45) is 0 Å². The van der Waals surface area contributed by atoms with E-state index in [2.05, 4.69) is 4.74 Å². The van der Waals surface area contributed by atoms with Crippen LogP contribution in [0.1, 0.15) is 20.7 Å². The lowest BCUT2D eigenvalue weighted by Crippen LogP contribution is -2.08. The van der Waals surface area contributed by atoms with Crippen molar-refractivity contribution in [2.75, 3.05) is 0 Å². The van der Waals surface area contributed by atoms with E-state index in [1.807, 2.05) is 0 Å². The number of halogens is 3. The van der Waals surface area contributed by atoms with Crippen LogP contribution >= 0.6 is 0 Å². The number of aldehydes is 2. The molecule has 0 unspecified atom stereocenters. The second kappa shape index (κ2) is 4.59. The predicted molar refractivity (Wildman–Crippen MR) is 43.8 cm³/mol. The van der Waals surface area contributed by atoms with E-state index in [1.54, 1.807) is 0 Å². The largest absolute Gasteiger partial charge is 0.431 e. The summed E-state index contributed by atoms with van der Waals surface area (Å²) in [5, 5.41) is 0. The Labute approximate surface area is 82.5 Å². The number of carbonyl (C=O) groups is 2. The predicted octanol–water partition coefficient (Wildman–Crippen LogP) is 2.05. The summed E-state index contributed by atoms with van der Waals surface area (Å²) in [7, 11) is 0. The van der Waals surface area contributed by atoms with Crippen LogP contribution in [0.2, 0.25) is 0 Å². The van der Waals surface area contributed by atoms with Crippen LogP contribution in [0, 0.1) is 5.82 Å². The molecule has 1 aromatic carbocycles. The molecule has 0 aliphatic heterocycles. The first-order valence-electron chi connectivity index (χ1n) is 3.77. The fourth-order valence-corrected chi connectivity index (χ4v) is 1.02. The second-order valence-electron chi connectivity index (χ2n) is 2.49. The normalized spacial score (nSPS) is 10.1. The molecule has 15 heavy (non-hydrogen) atoms. The van der Waals surface area contributed by atoms with E-state index in [-0.39, 0.29) is 18.1 Å². The third-order valence-electron chi connectivity index (χ3n) is 1.63. The zero-order valence-electron chi connectivity index (χ0n) is 7.25. The summed E-state index contributed by atoms with van der Waals surface area (Å²) in [4.78, 5) is 20.9. The highest BCUT2D eigenvalue weighted by atomic mass is 19.3. The quantitative estimate of drug-likeness (QED) is 0.726. The minimum atomic E-state index is -3.26. The van der Waals surface area contributed by atoms with Crippen molar-refractivity contribution in [3.63, 3.8) is 0 Å². The first kappa shape index (κ1) is 11.2. The van der Waals surface area contributed by atoms with E-state index < -0.39 is 23.7 Å².